The molecule has 1 fully saturated rings. The van der Waals surface area contributed by atoms with Crippen molar-refractivity contribution < 1.29 is 14.3 Å². The fourth-order valence-corrected chi connectivity index (χ4v) is 4.98. The maximum absolute atomic E-state index is 11.9. The van der Waals surface area contributed by atoms with Crippen molar-refractivity contribution in [2.45, 2.75) is 57.3 Å². The van der Waals surface area contributed by atoms with Crippen LogP contribution in [0.5, 0.6) is 0 Å². The summed E-state index contributed by atoms with van der Waals surface area (Å²) in [5.74, 6) is 1.30. The van der Waals surface area contributed by atoms with Crippen molar-refractivity contribution in [3.05, 3.63) is 88.6 Å². The molecule has 0 amide bonds. The zero-order valence-corrected chi connectivity index (χ0v) is 20.7. The van der Waals surface area contributed by atoms with E-state index in [0.29, 0.717) is 25.6 Å². The molecule has 4 rings (SSSR count). The summed E-state index contributed by atoms with van der Waals surface area (Å²) in [7, 11) is 2.06. The topological polar surface area (TPSA) is 58.7 Å². The number of benzene rings is 2. The number of halogens is 1. The summed E-state index contributed by atoms with van der Waals surface area (Å²) < 4.78 is 12.0. The maximum atomic E-state index is 11.9. The number of hydrogen-bond donors (Lipinski definition) is 1. The molecule has 1 saturated carbocycles. The Bertz CT molecular complexity index is 1000. The van der Waals surface area contributed by atoms with Gasteiger partial charge >= 0.3 is 0 Å². The van der Waals surface area contributed by atoms with E-state index in [1.807, 2.05) is 54.6 Å². The number of aromatic nitrogens is 1. The molecule has 1 aliphatic rings. The highest BCUT2D eigenvalue weighted by Gasteiger charge is 2.44. The first-order valence-electron chi connectivity index (χ1n) is 12.3. The largest absolute Gasteiger partial charge is 0.441 e. The minimum absolute atomic E-state index is 0.116. The average molecular weight is 483 g/mol. The van der Waals surface area contributed by atoms with Gasteiger partial charge in [0.25, 0.3) is 0 Å². The summed E-state index contributed by atoms with van der Waals surface area (Å²) in [6.07, 6.45) is 8.15. The van der Waals surface area contributed by atoms with E-state index in [2.05, 4.69) is 16.9 Å². The molecule has 0 aliphatic heterocycles. The molecule has 2 aromatic carbocycles. The van der Waals surface area contributed by atoms with E-state index in [1.165, 1.54) is 6.42 Å². The number of aliphatic hydroxyl groups is 1. The summed E-state index contributed by atoms with van der Waals surface area (Å²) in [5.41, 5.74) is 0.797. The lowest BCUT2D eigenvalue weighted by Gasteiger charge is -2.36. The van der Waals surface area contributed by atoms with Gasteiger partial charge in [-0.1, -0.05) is 73.3 Å². The highest BCUT2D eigenvalue weighted by atomic mass is 35.5. The molecule has 182 valence electrons. The van der Waals surface area contributed by atoms with Crippen molar-refractivity contribution >= 4 is 11.6 Å². The zero-order valence-electron chi connectivity index (χ0n) is 20.0. The van der Waals surface area contributed by atoms with Crippen LogP contribution in [-0.2, 0) is 23.5 Å². The lowest BCUT2D eigenvalue weighted by atomic mass is 9.73. The predicted octanol–water partition coefficient (Wildman–Crippen LogP) is 6.18. The zero-order chi connectivity index (χ0) is 23.8. The smallest absolute Gasteiger partial charge is 0.231 e. The first-order chi connectivity index (χ1) is 16.6. The van der Waals surface area contributed by atoms with Crippen LogP contribution in [0, 0.1) is 5.92 Å². The third-order valence-corrected chi connectivity index (χ3v) is 6.98. The fraction of sp³-hybridized carbons (Fsp3) is 0.464. The summed E-state index contributed by atoms with van der Waals surface area (Å²) in [5, 5.41) is 12.7. The second-order valence-electron chi connectivity index (χ2n) is 9.37. The van der Waals surface area contributed by atoms with Crippen molar-refractivity contribution in [1.82, 2.24) is 9.88 Å². The summed E-state index contributed by atoms with van der Waals surface area (Å²) in [6.45, 7) is 2.79. The lowest BCUT2D eigenvalue weighted by Crippen LogP contribution is -2.38. The Hall–Kier alpha value is -2.18. The van der Waals surface area contributed by atoms with Crippen LogP contribution in [0.15, 0.2) is 65.2 Å². The Labute approximate surface area is 207 Å². The minimum atomic E-state index is -1.19. The number of oxazole rings is 1. The van der Waals surface area contributed by atoms with Crippen LogP contribution in [0.2, 0.25) is 5.02 Å². The Morgan fingerprint density at radius 3 is 2.56 bits per heavy atom. The monoisotopic (exact) mass is 482 g/mol. The SMILES string of the molecule is CN(CCCOCc1ccc(Cl)cc1)Cc1cnc([C@](O)(c2ccccc2)C2CCCCC2)o1. The van der Waals surface area contributed by atoms with Crippen molar-refractivity contribution in [2.24, 2.45) is 5.92 Å². The molecule has 1 aromatic heterocycles. The third kappa shape index (κ3) is 6.28. The fourth-order valence-electron chi connectivity index (χ4n) is 4.86. The van der Waals surface area contributed by atoms with E-state index in [0.717, 1.165) is 60.6 Å². The Kier molecular flexibility index (Phi) is 8.79. The van der Waals surface area contributed by atoms with E-state index in [4.69, 9.17) is 20.8 Å². The summed E-state index contributed by atoms with van der Waals surface area (Å²) in [6, 6.07) is 17.6. The number of rotatable bonds is 11. The molecule has 3 aromatic rings. The van der Waals surface area contributed by atoms with Gasteiger partial charge in [0.2, 0.25) is 5.89 Å². The number of nitrogens with zero attached hydrogens (tertiary/aromatic N) is 2. The highest BCUT2D eigenvalue weighted by Crippen LogP contribution is 2.43. The molecule has 6 heteroatoms. The van der Waals surface area contributed by atoms with Crippen LogP contribution in [-0.4, -0.2) is 35.2 Å². The quantitative estimate of drug-likeness (QED) is 0.330. The van der Waals surface area contributed by atoms with Crippen molar-refractivity contribution in [1.29, 1.82) is 0 Å². The predicted molar refractivity (Wildman–Crippen MR) is 135 cm³/mol. The van der Waals surface area contributed by atoms with Gasteiger partial charge in [-0.25, -0.2) is 4.98 Å². The van der Waals surface area contributed by atoms with Crippen molar-refractivity contribution in [2.75, 3.05) is 20.2 Å². The van der Waals surface area contributed by atoms with Gasteiger partial charge in [-0.15, -0.1) is 0 Å². The van der Waals surface area contributed by atoms with Gasteiger partial charge in [0, 0.05) is 24.1 Å². The second kappa shape index (κ2) is 12.0. The van der Waals surface area contributed by atoms with Crippen molar-refractivity contribution in [3.8, 4) is 0 Å². The number of hydrogen-bond acceptors (Lipinski definition) is 5. The molecule has 0 saturated heterocycles. The standard InChI is InChI=1S/C28H35ClN2O3/c1-31(17-8-18-33-21-22-13-15-25(29)16-14-22)20-26-19-30-27(34-26)28(32,23-9-4-2-5-10-23)24-11-6-3-7-12-24/h2,4-5,9-10,13-16,19,24,32H,3,6-8,11-12,17-18,20-21H2,1H3/t28-/m0/s1. The lowest BCUT2D eigenvalue weighted by molar-refractivity contribution is -0.0242. The molecular weight excluding hydrogens is 448 g/mol. The molecule has 0 spiro atoms. The molecule has 0 radical (unpaired) electrons. The molecule has 0 unspecified atom stereocenters. The van der Waals surface area contributed by atoms with Gasteiger partial charge in [0.05, 0.1) is 19.3 Å². The second-order valence-corrected chi connectivity index (χ2v) is 9.81. The normalized spacial score (nSPS) is 16.6. The van der Waals surface area contributed by atoms with Gasteiger partial charge in [0.1, 0.15) is 5.76 Å². The first-order valence-corrected chi connectivity index (χ1v) is 12.7. The van der Waals surface area contributed by atoms with Crippen LogP contribution < -0.4 is 0 Å². The minimum Gasteiger partial charge on any atom is -0.441 e. The number of ether oxygens (including phenoxy) is 1. The van der Waals surface area contributed by atoms with Gasteiger partial charge in [-0.05, 0) is 49.6 Å². The Balaban J connectivity index is 1.31. The van der Waals surface area contributed by atoms with Crippen LogP contribution in [0.1, 0.15) is 61.3 Å². The van der Waals surface area contributed by atoms with Crippen LogP contribution in [0.4, 0.5) is 0 Å². The molecule has 0 bridgehead atoms. The molecule has 1 heterocycles. The molecule has 1 N–H and O–H groups in total. The van der Waals surface area contributed by atoms with Crippen LogP contribution >= 0.6 is 11.6 Å². The molecule has 1 atom stereocenters. The van der Waals surface area contributed by atoms with E-state index in [-0.39, 0.29) is 5.92 Å². The molecular formula is C28H35ClN2O3. The molecule has 1 aliphatic carbocycles. The van der Waals surface area contributed by atoms with E-state index >= 15 is 0 Å². The van der Waals surface area contributed by atoms with Crippen LogP contribution in [0.3, 0.4) is 0 Å². The summed E-state index contributed by atoms with van der Waals surface area (Å²) >= 11 is 5.92. The van der Waals surface area contributed by atoms with Crippen molar-refractivity contribution in [3.63, 3.8) is 0 Å². The first kappa shape index (κ1) is 24.9. The third-order valence-electron chi connectivity index (χ3n) is 6.73. The van der Waals surface area contributed by atoms with E-state index in [1.54, 1.807) is 6.20 Å². The van der Waals surface area contributed by atoms with Gasteiger partial charge in [-0.3, -0.25) is 4.90 Å². The van der Waals surface area contributed by atoms with Gasteiger partial charge < -0.3 is 14.3 Å². The van der Waals surface area contributed by atoms with E-state index in [9.17, 15) is 5.11 Å². The average Bonchev–Trinajstić information content (AvgIpc) is 3.34. The maximum Gasteiger partial charge on any atom is 0.231 e. The van der Waals surface area contributed by atoms with Gasteiger partial charge in [0.15, 0.2) is 5.60 Å². The highest BCUT2D eigenvalue weighted by molar-refractivity contribution is 6.30. The molecule has 5 nitrogen and oxygen atoms in total. The van der Waals surface area contributed by atoms with Crippen LogP contribution in [0.25, 0.3) is 0 Å². The Morgan fingerprint density at radius 2 is 1.82 bits per heavy atom. The van der Waals surface area contributed by atoms with E-state index < -0.39 is 5.60 Å². The molecule has 34 heavy (non-hydrogen) atoms. The Morgan fingerprint density at radius 1 is 1.09 bits per heavy atom. The van der Waals surface area contributed by atoms with Gasteiger partial charge in [-0.2, -0.15) is 0 Å². The summed E-state index contributed by atoms with van der Waals surface area (Å²) in [4.78, 5) is 6.76.